The first-order valence-electron chi connectivity index (χ1n) is 8.76. The molecule has 0 spiro atoms. The molecule has 0 amide bonds. The summed E-state index contributed by atoms with van der Waals surface area (Å²) < 4.78 is 10.7. The van der Waals surface area contributed by atoms with Crippen molar-refractivity contribution >= 4 is 5.82 Å². The van der Waals surface area contributed by atoms with Crippen molar-refractivity contribution in [2.75, 3.05) is 18.7 Å². The van der Waals surface area contributed by atoms with Gasteiger partial charge in [0.1, 0.15) is 11.6 Å². The van der Waals surface area contributed by atoms with Crippen LogP contribution in [-0.2, 0) is 6.42 Å². The van der Waals surface area contributed by atoms with Gasteiger partial charge in [0.25, 0.3) is 5.56 Å². The number of ether oxygens (including phenoxy) is 2. The minimum absolute atomic E-state index is 0.122. The van der Waals surface area contributed by atoms with Gasteiger partial charge in [0.15, 0.2) is 11.5 Å². The molecular weight excluding hydrogens is 344 g/mol. The highest BCUT2D eigenvalue weighted by atomic mass is 16.7. The maximum Gasteiger partial charge on any atom is 0.254 e. The van der Waals surface area contributed by atoms with E-state index < -0.39 is 0 Å². The van der Waals surface area contributed by atoms with Gasteiger partial charge in [-0.2, -0.15) is 0 Å². The standard InChI is InChI=1S/C20H20N4O3/c1-12-13(2)23-19(24-20(12)25)15-4-6-18(22-10-15)21-8-7-14-3-5-16-17(9-14)27-11-26-16/h3-6,9-10H,7-8,11H2,1-2H3,(H,21,22)(H,23,24,25). The average molecular weight is 364 g/mol. The predicted molar refractivity (Wildman–Crippen MR) is 102 cm³/mol. The fraction of sp³-hybridized carbons (Fsp3) is 0.250. The van der Waals surface area contributed by atoms with E-state index in [1.165, 1.54) is 5.56 Å². The Labute approximate surface area is 156 Å². The second-order valence-corrected chi connectivity index (χ2v) is 6.42. The highest BCUT2D eigenvalue weighted by molar-refractivity contribution is 5.56. The lowest BCUT2D eigenvalue weighted by Crippen LogP contribution is -2.14. The van der Waals surface area contributed by atoms with E-state index in [-0.39, 0.29) is 12.4 Å². The van der Waals surface area contributed by atoms with Crippen LogP contribution in [0.1, 0.15) is 16.8 Å². The van der Waals surface area contributed by atoms with E-state index in [9.17, 15) is 4.79 Å². The number of nitrogens with zero attached hydrogens (tertiary/aromatic N) is 2. The number of anilines is 1. The van der Waals surface area contributed by atoms with Crippen molar-refractivity contribution in [3.63, 3.8) is 0 Å². The number of aryl methyl sites for hydroxylation is 1. The number of hydrogen-bond acceptors (Lipinski definition) is 6. The first-order valence-corrected chi connectivity index (χ1v) is 8.76. The number of benzene rings is 1. The lowest BCUT2D eigenvalue weighted by Gasteiger charge is -2.08. The van der Waals surface area contributed by atoms with Gasteiger partial charge in [-0.15, -0.1) is 0 Å². The van der Waals surface area contributed by atoms with Gasteiger partial charge in [-0.1, -0.05) is 6.07 Å². The maximum absolute atomic E-state index is 11.9. The van der Waals surface area contributed by atoms with Gasteiger partial charge in [-0.3, -0.25) is 4.79 Å². The SMILES string of the molecule is Cc1nc(-c2ccc(NCCc3ccc4c(c3)OCO4)nc2)[nH]c(=O)c1C. The number of H-pyrrole nitrogens is 1. The van der Waals surface area contributed by atoms with Crippen molar-refractivity contribution in [3.8, 4) is 22.9 Å². The average Bonchev–Trinajstić information content (AvgIpc) is 3.14. The summed E-state index contributed by atoms with van der Waals surface area (Å²) in [5.41, 5.74) is 3.17. The van der Waals surface area contributed by atoms with Gasteiger partial charge in [-0.05, 0) is 50.1 Å². The Morgan fingerprint density at radius 2 is 2.00 bits per heavy atom. The molecule has 3 aromatic rings. The molecule has 0 saturated heterocycles. The van der Waals surface area contributed by atoms with Crippen LogP contribution in [0.5, 0.6) is 11.5 Å². The van der Waals surface area contributed by atoms with Crippen LogP contribution in [0.2, 0.25) is 0 Å². The summed E-state index contributed by atoms with van der Waals surface area (Å²) >= 11 is 0. The quantitative estimate of drug-likeness (QED) is 0.724. The normalized spacial score (nSPS) is 12.2. The van der Waals surface area contributed by atoms with Gasteiger partial charge in [0.05, 0.1) is 0 Å². The number of hydrogen-bond donors (Lipinski definition) is 2. The summed E-state index contributed by atoms with van der Waals surface area (Å²) in [5, 5.41) is 3.30. The van der Waals surface area contributed by atoms with E-state index in [1.807, 2.05) is 37.3 Å². The molecule has 1 aliphatic rings. The van der Waals surface area contributed by atoms with Crippen molar-refractivity contribution < 1.29 is 9.47 Å². The summed E-state index contributed by atoms with van der Waals surface area (Å²) in [6.07, 6.45) is 2.54. The van der Waals surface area contributed by atoms with Crippen molar-refractivity contribution in [1.82, 2.24) is 15.0 Å². The molecular formula is C20H20N4O3. The zero-order valence-corrected chi connectivity index (χ0v) is 15.2. The highest BCUT2D eigenvalue weighted by Crippen LogP contribution is 2.32. The van der Waals surface area contributed by atoms with Crippen molar-refractivity contribution in [3.05, 3.63) is 63.7 Å². The van der Waals surface area contributed by atoms with E-state index in [1.54, 1.807) is 13.1 Å². The molecule has 0 unspecified atom stereocenters. The lowest BCUT2D eigenvalue weighted by molar-refractivity contribution is 0.174. The van der Waals surface area contributed by atoms with E-state index in [2.05, 4.69) is 20.3 Å². The molecule has 7 heteroatoms. The molecule has 2 N–H and O–H groups in total. The van der Waals surface area contributed by atoms with E-state index in [4.69, 9.17) is 9.47 Å². The Morgan fingerprint density at radius 1 is 1.15 bits per heavy atom. The van der Waals surface area contributed by atoms with Crippen LogP contribution in [0.4, 0.5) is 5.82 Å². The van der Waals surface area contributed by atoms with Crippen LogP contribution in [-0.4, -0.2) is 28.3 Å². The smallest absolute Gasteiger partial charge is 0.254 e. The van der Waals surface area contributed by atoms with E-state index in [0.29, 0.717) is 11.4 Å². The molecule has 0 aliphatic carbocycles. The zero-order chi connectivity index (χ0) is 18.8. The highest BCUT2D eigenvalue weighted by Gasteiger charge is 2.13. The largest absolute Gasteiger partial charge is 0.454 e. The predicted octanol–water partition coefficient (Wildman–Crippen LogP) is 2.83. The summed E-state index contributed by atoms with van der Waals surface area (Å²) in [7, 11) is 0. The molecule has 4 rings (SSSR count). The molecule has 0 saturated carbocycles. The van der Waals surface area contributed by atoms with Crippen LogP contribution in [0.25, 0.3) is 11.4 Å². The minimum atomic E-state index is -0.122. The van der Waals surface area contributed by atoms with Crippen LogP contribution in [0.15, 0.2) is 41.3 Å². The van der Waals surface area contributed by atoms with Crippen LogP contribution >= 0.6 is 0 Å². The Balaban J connectivity index is 1.39. The zero-order valence-electron chi connectivity index (χ0n) is 15.2. The molecule has 2 aromatic heterocycles. The molecule has 0 radical (unpaired) electrons. The van der Waals surface area contributed by atoms with Gasteiger partial charge < -0.3 is 19.8 Å². The topological polar surface area (TPSA) is 89.1 Å². The van der Waals surface area contributed by atoms with E-state index >= 15 is 0 Å². The number of aromatic nitrogens is 3. The molecule has 138 valence electrons. The third-order valence-electron chi connectivity index (χ3n) is 4.59. The number of nitrogens with one attached hydrogen (secondary N) is 2. The van der Waals surface area contributed by atoms with Crippen LogP contribution in [0.3, 0.4) is 0 Å². The first kappa shape index (κ1) is 17.1. The minimum Gasteiger partial charge on any atom is -0.454 e. The second kappa shape index (κ2) is 7.11. The number of aromatic amines is 1. The van der Waals surface area contributed by atoms with Gasteiger partial charge in [-0.25, -0.2) is 9.97 Å². The molecule has 1 aromatic carbocycles. The summed E-state index contributed by atoms with van der Waals surface area (Å²) in [4.78, 5) is 23.5. The van der Waals surface area contributed by atoms with Crippen molar-refractivity contribution in [2.24, 2.45) is 0 Å². The number of rotatable bonds is 5. The van der Waals surface area contributed by atoms with Gasteiger partial charge in [0, 0.05) is 29.6 Å². The maximum atomic E-state index is 11.9. The molecule has 3 heterocycles. The Kier molecular flexibility index (Phi) is 4.50. The molecule has 27 heavy (non-hydrogen) atoms. The van der Waals surface area contributed by atoms with Gasteiger partial charge >= 0.3 is 0 Å². The lowest BCUT2D eigenvalue weighted by atomic mass is 10.1. The third-order valence-corrected chi connectivity index (χ3v) is 4.59. The third kappa shape index (κ3) is 3.62. The molecule has 1 aliphatic heterocycles. The van der Waals surface area contributed by atoms with Crippen LogP contribution < -0.4 is 20.3 Å². The molecule has 0 bridgehead atoms. The van der Waals surface area contributed by atoms with Crippen molar-refractivity contribution in [2.45, 2.75) is 20.3 Å². The Morgan fingerprint density at radius 3 is 2.78 bits per heavy atom. The fourth-order valence-corrected chi connectivity index (χ4v) is 2.85. The summed E-state index contributed by atoms with van der Waals surface area (Å²) in [5.74, 6) is 2.89. The Hall–Kier alpha value is -3.35. The van der Waals surface area contributed by atoms with Gasteiger partial charge in [0.2, 0.25) is 6.79 Å². The summed E-state index contributed by atoms with van der Waals surface area (Å²) in [6.45, 7) is 4.61. The second-order valence-electron chi connectivity index (χ2n) is 6.42. The van der Waals surface area contributed by atoms with Crippen molar-refractivity contribution in [1.29, 1.82) is 0 Å². The monoisotopic (exact) mass is 364 g/mol. The molecule has 0 atom stereocenters. The molecule has 7 nitrogen and oxygen atoms in total. The Bertz CT molecular complexity index is 1030. The number of pyridine rings is 1. The van der Waals surface area contributed by atoms with E-state index in [0.717, 1.165) is 41.5 Å². The summed E-state index contributed by atoms with van der Waals surface area (Å²) in [6, 6.07) is 9.74. The first-order chi connectivity index (χ1) is 13.1. The fourth-order valence-electron chi connectivity index (χ4n) is 2.85. The molecule has 0 fully saturated rings. The number of fused-ring (bicyclic) bond motifs is 1. The van der Waals surface area contributed by atoms with Crippen LogP contribution in [0, 0.1) is 13.8 Å².